The molecule has 1 heterocycles. The van der Waals surface area contributed by atoms with Gasteiger partial charge in [0.05, 0.1) is 0 Å². The van der Waals surface area contributed by atoms with Gasteiger partial charge >= 0.3 is 0 Å². The van der Waals surface area contributed by atoms with Crippen LogP contribution in [0.2, 0.25) is 0 Å². The maximum atomic E-state index is 13.1. The Labute approximate surface area is 172 Å². The van der Waals surface area contributed by atoms with Crippen LogP contribution in [0.5, 0.6) is 11.6 Å². The first-order valence-electron chi connectivity index (χ1n) is 9.50. The Hall–Kier alpha value is -2.93. The monoisotopic (exact) mass is 409 g/mol. The average molecular weight is 409 g/mol. The number of halogens is 1. The van der Waals surface area contributed by atoms with Crippen molar-refractivity contribution in [2.24, 2.45) is 0 Å². The summed E-state index contributed by atoms with van der Waals surface area (Å²) in [5, 5.41) is 3.64. The smallest absolute Gasteiger partial charge is 0.252 e. The highest BCUT2D eigenvalue weighted by atomic mass is 32.2. The van der Waals surface area contributed by atoms with Crippen molar-refractivity contribution in [2.75, 3.05) is 0 Å². The van der Waals surface area contributed by atoms with E-state index in [0.29, 0.717) is 22.2 Å². The van der Waals surface area contributed by atoms with Crippen LogP contribution in [0, 0.1) is 5.82 Å². The standard InChI is InChI=1S/C22H20FN3O2S/c23-16-7-11-19(12-8-16)29-22-21(24-13-14-25-22)28-18-9-5-15(6-10-18)20(27)26-17-3-1-2-4-17/h5-14,17H,1-4H2,(H,26,27). The Bertz CT molecular complexity index is 974. The molecule has 4 rings (SSSR count). The molecule has 5 nitrogen and oxygen atoms in total. The van der Waals surface area contributed by atoms with Gasteiger partial charge in [0, 0.05) is 28.9 Å². The molecule has 0 aliphatic heterocycles. The molecule has 1 aromatic heterocycles. The van der Waals surface area contributed by atoms with E-state index in [1.54, 1.807) is 48.8 Å². The number of rotatable bonds is 6. The second-order valence-electron chi connectivity index (χ2n) is 6.80. The van der Waals surface area contributed by atoms with Gasteiger partial charge in [-0.1, -0.05) is 24.6 Å². The first-order valence-corrected chi connectivity index (χ1v) is 10.3. The van der Waals surface area contributed by atoms with Crippen molar-refractivity contribution in [2.45, 2.75) is 41.6 Å². The maximum absolute atomic E-state index is 13.1. The minimum absolute atomic E-state index is 0.0597. The number of nitrogens with one attached hydrogen (secondary N) is 1. The van der Waals surface area contributed by atoms with Gasteiger partial charge in [-0.2, -0.15) is 0 Å². The second-order valence-corrected chi connectivity index (χ2v) is 7.87. The number of carbonyl (C=O) groups excluding carboxylic acids is 1. The van der Waals surface area contributed by atoms with Gasteiger partial charge in [0.2, 0.25) is 0 Å². The van der Waals surface area contributed by atoms with Crippen LogP contribution in [-0.2, 0) is 0 Å². The molecular weight excluding hydrogens is 389 g/mol. The van der Waals surface area contributed by atoms with Crippen molar-refractivity contribution >= 4 is 17.7 Å². The van der Waals surface area contributed by atoms with E-state index >= 15 is 0 Å². The van der Waals surface area contributed by atoms with Crippen molar-refractivity contribution in [3.05, 3.63) is 72.3 Å². The van der Waals surface area contributed by atoms with Gasteiger partial charge in [0.1, 0.15) is 11.6 Å². The van der Waals surface area contributed by atoms with Gasteiger partial charge in [-0.05, 0) is 61.4 Å². The fourth-order valence-electron chi connectivity index (χ4n) is 3.19. The van der Waals surface area contributed by atoms with Crippen LogP contribution in [0.15, 0.2) is 70.8 Å². The molecule has 1 aliphatic carbocycles. The molecule has 1 fully saturated rings. The number of nitrogens with zero attached hydrogens (tertiary/aromatic N) is 2. The van der Waals surface area contributed by atoms with Crippen LogP contribution in [0.25, 0.3) is 0 Å². The molecule has 1 N–H and O–H groups in total. The van der Waals surface area contributed by atoms with E-state index in [1.807, 2.05) is 0 Å². The summed E-state index contributed by atoms with van der Waals surface area (Å²) in [5.74, 6) is 0.561. The van der Waals surface area contributed by atoms with E-state index in [0.717, 1.165) is 17.7 Å². The van der Waals surface area contributed by atoms with Crippen LogP contribution in [0.4, 0.5) is 4.39 Å². The minimum atomic E-state index is -0.290. The Morgan fingerprint density at radius 2 is 1.69 bits per heavy atom. The predicted octanol–water partition coefficient (Wildman–Crippen LogP) is 5.23. The summed E-state index contributed by atoms with van der Waals surface area (Å²) in [4.78, 5) is 21.7. The van der Waals surface area contributed by atoms with Crippen LogP contribution < -0.4 is 10.1 Å². The third kappa shape index (κ3) is 5.12. The lowest BCUT2D eigenvalue weighted by molar-refractivity contribution is 0.0938. The highest BCUT2D eigenvalue weighted by Gasteiger charge is 2.18. The van der Waals surface area contributed by atoms with Gasteiger partial charge in [0.15, 0.2) is 5.03 Å². The van der Waals surface area contributed by atoms with Gasteiger partial charge in [-0.15, -0.1) is 0 Å². The third-order valence-electron chi connectivity index (χ3n) is 4.68. The normalized spacial score (nSPS) is 14.0. The van der Waals surface area contributed by atoms with Gasteiger partial charge < -0.3 is 10.1 Å². The largest absolute Gasteiger partial charge is 0.437 e. The molecule has 0 bridgehead atoms. The van der Waals surface area contributed by atoms with Crippen molar-refractivity contribution in [1.82, 2.24) is 15.3 Å². The van der Waals surface area contributed by atoms with Gasteiger partial charge in [-0.3, -0.25) is 4.79 Å². The zero-order valence-corrected chi connectivity index (χ0v) is 16.5. The summed E-state index contributed by atoms with van der Waals surface area (Å²) in [6.45, 7) is 0. The molecule has 148 valence electrons. The zero-order valence-electron chi connectivity index (χ0n) is 15.7. The molecule has 0 atom stereocenters. The summed E-state index contributed by atoms with van der Waals surface area (Å²) < 4.78 is 19.0. The lowest BCUT2D eigenvalue weighted by Crippen LogP contribution is -2.32. The molecule has 0 unspecified atom stereocenters. The minimum Gasteiger partial charge on any atom is -0.437 e. The summed E-state index contributed by atoms with van der Waals surface area (Å²) in [5.41, 5.74) is 0.601. The number of aromatic nitrogens is 2. The van der Waals surface area contributed by atoms with Crippen LogP contribution in [0.1, 0.15) is 36.0 Å². The molecule has 0 radical (unpaired) electrons. The molecule has 29 heavy (non-hydrogen) atoms. The van der Waals surface area contributed by atoms with Crippen LogP contribution >= 0.6 is 11.8 Å². The second kappa shape index (κ2) is 9.05. The number of hydrogen-bond donors (Lipinski definition) is 1. The number of ether oxygens (including phenoxy) is 1. The van der Waals surface area contributed by atoms with E-state index in [-0.39, 0.29) is 17.8 Å². The molecule has 2 aromatic carbocycles. The van der Waals surface area contributed by atoms with E-state index in [2.05, 4.69) is 15.3 Å². The molecule has 1 saturated carbocycles. The van der Waals surface area contributed by atoms with Crippen molar-refractivity contribution < 1.29 is 13.9 Å². The maximum Gasteiger partial charge on any atom is 0.252 e. The summed E-state index contributed by atoms with van der Waals surface area (Å²) in [6.07, 6.45) is 7.58. The van der Waals surface area contributed by atoms with E-state index in [4.69, 9.17) is 4.74 Å². The van der Waals surface area contributed by atoms with Crippen LogP contribution in [0.3, 0.4) is 0 Å². The number of carbonyl (C=O) groups is 1. The van der Waals surface area contributed by atoms with Crippen molar-refractivity contribution in [3.8, 4) is 11.6 Å². The van der Waals surface area contributed by atoms with Crippen LogP contribution in [-0.4, -0.2) is 21.9 Å². The Morgan fingerprint density at radius 1 is 1.00 bits per heavy atom. The summed E-state index contributed by atoms with van der Waals surface area (Å²) in [7, 11) is 0. The fraction of sp³-hybridized carbons (Fsp3) is 0.227. The van der Waals surface area contributed by atoms with Gasteiger partial charge in [-0.25, -0.2) is 14.4 Å². The summed E-state index contributed by atoms with van der Waals surface area (Å²) in [6, 6.07) is 13.4. The van der Waals surface area contributed by atoms with Crippen molar-refractivity contribution in [3.63, 3.8) is 0 Å². The first kappa shape index (κ1) is 19.4. The predicted molar refractivity (Wildman–Crippen MR) is 109 cm³/mol. The Balaban J connectivity index is 1.43. The molecule has 1 amide bonds. The molecular formula is C22H20FN3O2S. The van der Waals surface area contributed by atoms with Gasteiger partial charge in [0.25, 0.3) is 11.8 Å². The Morgan fingerprint density at radius 3 is 2.41 bits per heavy atom. The molecule has 0 saturated heterocycles. The topological polar surface area (TPSA) is 64.1 Å². The summed E-state index contributed by atoms with van der Waals surface area (Å²) >= 11 is 1.34. The van der Waals surface area contributed by atoms with Crippen molar-refractivity contribution in [1.29, 1.82) is 0 Å². The third-order valence-corrected chi connectivity index (χ3v) is 5.66. The fourth-order valence-corrected chi connectivity index (χ4v) is 3.98. The average Bonchev–Trinajstić information content (AvgIpc) is 3.25. The van der Waals surface area contributed by atoms with E-state index in [9.17, 15) is 9.18 Å². The number of benzene rings is 2. The molecule has 0 spiro atoms. The number of amides is 1. The quantitative estimate of drug-likeness (QED) is 0.604. The van der Waals surface area contributed by atoms with E-state index < -0.39 is 0 Å². The molecule has 1 aliphatic rings. The first-order chi connectivity index (χ1) is 14.2. The number of hydrogen-bond acceptors (Lipinski definition) is 5. The highest BCUT2D eigenvalue weighted by molar-refractivity contribution is 7.99. The lowest BCUT2D eigenvalue weighted by atomic mass is 10.1. The highest BCUT2D eigenvalue weighted by Crippen LogP contribution is 2.33. The molecule has 3 aromatic rings. The lowest BCUT2D eigenvalue weighted by Gasteiger charge is -2.12. The van der Waals surface area contributed by atoms with E-state index in [1.165, 1.54) is 36.7 Å². The SMILES string of the molecule is O=C(NC1CCCC1)c1ccc(Oc2nccnc2Sc2ccc(F)cc2)cc1. The zero-order chi connectivity index (χ0) is 20.1. The Kier molecular flexibility index (Phi) is 6.05. The molecule has 7 heteroatoms.